The first kappa shape index (κ1) is 17.2. The molecule has 3 aromatic rings. The summed E-state index contributed by atoms with van der Waals surface area (Å²) < 4.78 is 35.0. The van der Waals surface area contributed by atoms with Crippen molar-refractivity contribution in [1.29, 1.82) is 0 Å². The van der Waals surface area contributed by atoms with Gasteiger partial charge < -0.3 is 14.5 Å². The number of benzene rings is 2. The number of amides is 1. The van der Waals surface area contributed by atoms with Gasteiger partial charge in [-0.15, -0.1) is 0 Å². The van der Waals surface area contributed by atoms with E-state index in [4.69, 9.17) is 16.0 Å². The number of halogens is 3. The van der Waals surface area contributed by atoms with Crippen LogP contribution in [0.5, 0.6) is 5.75 Å². The van der Waals surface area contributed by atoms with Crippen molar-refractivity contribution in [3.05, 3.63) is 58.3 Å². The van der Waals surface area contributed by atoms with E-state index in [1.165, 1.54) is 18.2 Å². The molecule has 0 atom stereocenters. The molecule has 1 aromatic heterocycles. The van der Waals surface area contributed by atoms with Gasteiger partial charge in [-0.3, -0.25) is 4.79 Å². The number of ether oxygens (including phenoxy) is 1. The van der Waals surface area contributed by atoms with Crippen LogP contribution in [-0.4, -0.2) is 12.5 Å². The van der Waals surface area contributed by atoms with Gasteiger partial charge in [-0.25, -0.2) is 0 Å². The molecule has 0 spiro atoms. The molecule has 0 bridgehead atoms. The quantitative estimate of drug-likeness (QED) is 0.658. The zero-order valence-electron chi connectivity index (χ0n) is 13.4. The first-order valence-corrected chi connectivity index (χ1v) is 7.79. The predicted octanol–water partition coefficient (Wildman–Crippen LogP) is 5.56. The lowest BCUT2D eigenvalue weighted by atomic mass is 10.1. The summed E-state index contributed by atoms with van der Waals surface area (Å²) >= 11 is 6.12. The number of alkyl halides is 2. The Morgan fingerprint density at radius 2 is 1.96 bits per heavy atom. The van der Waals surface area contributed by atoms with E-state index in [1.54, 1.807) is 25.1 Å². The van der Waals surface area contributed by atoms with Gasteiger partial charge in [-0.1, -0.05) is 23.7 Å². The number of furan rings is 1. The van der Waals surface area contributed by atoms with Gasteiger partial charge in [0.15, 0.2) is 5.76 Å². The van der Waals surface area contributed by atoms with E-state index in [9.17, 15) is 13.6 Å². The summed E-state index contributed by atoms with van der Waals surface area (Å²) in [6.45, 7) is 0.571. The van der Waals surface area contributed by atoms with Crippen molar-refractivity contribution in [3.8, 4) is 5.75 Å². The number of hydrogen-bond donors (Lipinski definition) is 1. The Morgan fingerprint density at radius 3 is 2.68 bits per heavy atom. The van der Waals surface area contributed by atoms with Crippen molar-refractivity contribution in [2.45, 2.75) is 20.5 Å². The monoisotopic (exact) mass is 365 g/mol. The smallest absolute Gasteiger partial charge is 0.387 e. The van der Waals surface area contributed by atoms with Crippen molar-refractivity contribution in [2.24, 2.45) is 0 Å². The minimum absolute atomic E-state index is 0.0866. The van der Waals surface area contributed by atoms with Crippen molar-refractivity contribution < 1.29 is 22.7 Å². The molecule has 0 radical (unpaired) electrons. The van der Waals surface area contributed by atoms with E-state index in [0.717, 1.165) is 10.9 Å². The zero-order chi connectivity index (χ0) is 18.1. The van der Waals surface area contributed by atoms with Gasteiger partial charge >= 0.3 is 6.61 Å². The standard InChI is InChI=1S/C18H14ClF2NO3/c1-9-7-15-11(8-12(9)19)10(2)16(24-15)17(23)22-13-5-3-4-6-14(13)25-18(20)21/h3-8,18H,1-2H3,(H,22,23). The van der Waals surface area contributed by atoms with Crippen LogP contribution in [0, 0.1) is 13.8 Å². The van der Waals surface area contributed by atoms with Crippen molar-refractivity contribution in [3.63, 3.8) is 0 Å². The Hall–Kier alpha value is -2.60. The van der Waals surface area contributed by atoms with Gasteiger partial charge in [0.1, 0.15) is 11.3 Å². The summed E-state index contributed by atoms with van der Waals surface area (Å²) in [5.41, 5.74) is 2.09. The fraction of sp³-hybridized carbons (Fsp3) is 0.167. The highest BCUT2D eigenvalue weighted by Gasteiger charge is 2.20. The van der Waals surface area contributed by atoms with Crippen LogP contribution in [0.25, 0.3) is 11.0 Å². The van der Waals surface area contributed by atoms with E-state index in [0.29, 0.717) is 16.2 Å². The predicted molar refractivity (Wildman–Crippen MR) is 91.7 cm³/mol. The van der Waals surface area contributed by atoms with Crippen LogP contribution in [0.1, 0.15) is 21.7 Å². The van der Waals surface area contributed by atoms with Crippen LogP contribution in [0.15, 0.2) is 40.8 Å². The molecular weight excluding hydrogens is 352 g/mol. The first-order valence-electron chi connectivity index (χ1n) is 7.41. The van der Waals surface area contributed by atoms with E-state index in [-0.39, 0.29) is 17.2 Å². The second-order valence-corrected chi connectivity index (χ2v) is 5.89. The van der Waals surface area contributed by atoms with Crippen molar-refractivity contribution in [2.75, 3.05) is 5.32 Å². The van der Waals surface area contributed by atoms with Crippen LogP contribution < -0.4 is 10.1 Å². The highest BCUT2D eigenvalue weighted by molar-refractivity contribution is 6.32. The zero-order valence-corrected chi connectivity index (χ0v) is 14.2. The van der Waals surface area contributed by atoms with Crippen molar-refractivity contribution >= 4 is 34.2 Å². The molecule has 0 aliphatic carbocycles. The Balaban J connectivity index is 1.95. The maximum Gasteiger partial charge on any atom is 0.387 e. The summed E-state index contributed by atoms with van der Waals surface area (Å²) in [7, 11) is 0. The second kappa shape index (κ2) is 6.72. The number of para-hydroxylation sites is 2. The summed E-state index contributed by atoms with van der Waals surface area (Å²) in [5, 5.41) is 3.83. The number of anilines is 1. The summed E-state index contributed by atoms with van der Waals surface area (Å²) in [5.74, 6) is -0.602. The molecule has 1 amide bonds. The highest BCUT2D eigenvalue weighted by Crippen LogP contribution is 2.32. The fourth-order valence-corrected chi connectivity index (χ4v) is 2.67. The molecule has 4 nitrogen and oxygen atoms in total. The Labute approximate surface area is 147 Å². The Bertz CT molecular complexity index is 953. The molecule has 0 saturated heterocycles. The normalized spacial score (nSPS) is 11.1. The third-order valence-corrected chi connectivity index (χ3v) is 4.18. The third-order valence-electron chi connectivity index (χ3n) is 3.77. The van der Waals surface area contributed by atoms with Crippen LogP contribution in [-0.2, 0) is 0 Å². The van der Waals surface area contributed by atoms with Gasteiger partial charge in [0.05, 0.1) is 5.69 Å². The van der Waals surface area contributed by atoms with Crippen LogP contribution in [0.3, 0.4) is 0 Å². The second-order valence-electron chi connectivity index (χ2n) is 5.48. The largest absolute Gasteiger partial charge is 0.451 e. The van der Waals surface area contributed by atoms with Crippen LogP contribution >= 0.6 is 11.6 Å². The summed E-state index contributed by atoms with van der Waals surface area (Å²) in [4.78, 5) is 12.5. The lowest BCUT2D eigenvalue weighted by Gasteiger charge is -2.11. The lowest BCUT2D eigenvalue weighted by molar-refractivity contribution is -0.0493. The number of hydrogen-bond acceptors (Lipinski definition) is 3. The third kappa shape index (κ3) is 3.44. The van der Waals surface area contributed by atoms with E-state index in [2.05, 4.69) is 10.1 Å². The fourth-order valence-electron chi connectivity index (χ4n) is 2.51. The summed E-state index contributed by atoms with van der Waals surface area (Å²) in [6, 6.07) is 9.42. The molecule has 7 heteroatoms. The molecule has 1 heterocycles. The van der Waals surface area contributed by atoms with Crippen molar-refractivity contribution in [1.82, 2.24) is 0 Å². The Kier molecular flexibility index (Phi) is 4.63. The van der Waals surface area contributed by atoms with Gasteiger partial charge in [-0.2, -0.15) is 8.78 Å². The molecule has 0 saturated carbocycles. The number of fused-ring (bicyclic) bond motifs is 1. The van der Waals surface area contributed by atoms with Gasteiger partial charge in [0.2, 0.25) is 0 Å². The molecule has 0 aliphatic heterocycles. The molecule has 25 heavy (non-hydrogen) atoms. The molecule has 130 valence electrons. The molecule has 0 fully saturated rings. The minimum Gasteiger partial charge on any atom is -0.451 e. The number of nitrogens with one attached hydrogen (secondary N) is 1. The van der Waals surface area contributed by atoms with E-state index in [1.807, 2.05) is 6.92 Å². The molecule has 0 aliphatic rings. The highest BCUT2D eigenvalue weighted by atomic mass is 35.5. The number of carbonyl (C=O) groups is 1. The number of aryl methyl sites for hydroxylation is 2. The van der Waals surface area contributed by atoms with E-state index >= 15 is 0 Å². The number of carbonyl (C=O) groups excluding carboxylic acids is 1. The number of rotatable bonds is 4. The molecular formula is C18H14ClF2NO3. The van der Waals surface area contributed by atoms with Crippen LogP contribution in [0.4, 0.5) is 14.5 Å². The van der Waals surface area contributed by atoms with Gasteiger partial charge in [0.25, 0.3) is 5.91 Å². The summed E-state index contributed by atoms with van der Waals surface area (Å²) in [6.07, 6.45) is 0. The minimum atomic E-state index is -2.99. The SMILES string of the molecule is Cc1cc2oc(C(=O)Nc3ccccc3OC(F)F)c(C)c2cc1Cl. The molecule has 1 N–H and O–H groups in total. The molecule has 3 rings (SSSR count). The maximum absolute atomic E-state index is 12.5. The first-order chi connectivity index (χ1) is 11.9. The van der Waals surface area contributed by atoms with Gasteiger partial charge in [0, 0.05) is 16.0 Å². The topological polar surface area (TPSA) is 51.5 Å². The lowest BCUT2D eigenvalue weighted by Crippen LogP contribution is -2.14. The Morgan fingerprint density at radius 1 is 1.24 bits per heavy atom. The van der Waals surface area contributed by atoms with Gasteiger partial charge in [-0.05, 0) is 43.7 Å². The maximum atomic E-state index is 12.5. The molecule has 0 unspecified atom stereocenters. The molecule has 2 aromatic carbocycles. The van der Waals surface area contributed by atoms with E-state index < -0.39 is 12.5 Å². The van der Waals surface area contributed by atoms with Crippen LogP contribution in [0.2, 0.25) is 5.02 Å². The average molecular weight is 366 g/mol. The average Bonchev–Trinajstić information content (AvgIpc) is 2.86.